The molecule has 0 fully saturated rings. The third-order valence-corrected chi connectivity index (χ3v) is 5.41. The van der Waals surface area contributed by atoms with Gasteiger partial charge in [0.15, 0.2) is 0 Å². The Morgan fingerprint density at radius 1 is 1.24 bits per heavy atom. The summed E-state index contributed by atoms with van der Waals surface area (Å²) in [7, 11) is 0. The van der Waals surface area contributed by atoms with Gasteiger partial charge < -0.3 is 4.90 Å². The number of nitrogens with one attached hydrogen (secondary N) is 1. The van der Waals surface area contributed by atoms with Gasteiger partial charge in [-0.1, -0.05) is 18.2 Å². The molecule has 10 heteroatoms. The van der Waals surface area contributed by atoms with Crippen LogP contribution < -0.4 is 0 Å². The fourth-order valence-corrected chi connectivity index (χ4v) is 3.67. The van der Waals surface area contributed by atoms with Crippen LogP contribution in [0.2, 0.25) is 0 Å². The van der Waals surface area contributed by atoms with Crippen LogP contribution in [0.15, 0.2) is 47.5 Å². The summed E-state index contributed by atoms with van der Waals surface area (Å²) in [4.78, 5) is 5.15. The summed E-state index contributed by atoms with van der Waals surface area (Å²) < 4.78 is 50.8. The van der Waals surface area contributed by atoms with Gasteiger partial charge in [-0.15, -0.1) is 11.3 Å². The van der Waals surface area contributed by atoms with Crippen molar-refractivity contribution in [3.8, 4) is 0 Å². The number of hydrogen-bond donors (Lipinski definition) is 2. The number of thiophene rings is 1. The lowest BCUT2D eigenvalue weighted by Gasteiger charge is -2.26. The van der Waals surface area contributed by atoms with E-state index in [-0.39, 0.29) is 18.3 Å². The largest absolute Gasteiger partial charge is 0.425 e. The Balaban J connectivity index is 1.53. The second kappa shape index (κ2) is 8.75. The Kier molecular flexibility index (Phi) is 6.33. The first kappa shape index (κ1) is 21.0. The molecule has 0 atom stereocenters. The van der Waals surface area contributed by atoms with E-state index < -0.39 is 11.1 Å². The van der Waals surface area contributed by atoms with E-state index in [0.717, 1.165) is 23.5 Å². The van der Waals surface area contributed by atoms with E-state index in [4.69, 9.17) is 5.41 Å². The van der Waals surface area contributed by atoms with Gasteiger partial charge in [-0.25, -0.2) is 14.4 Å². The van der Waals surface area contributed by atoms with E-state index in [2.05, 4.69) is 4.99 Å². The highest BCUT2D eigenvalue weighted by molar-refractivity contribution is 7.12. The van der Waals surface area contributed by atoms with Crippen LogP contribution in [0.5, 0.6) is 0 Å². The number of halogens is 4. The van der Waals surface area contributed by atoms with Gasteiger partial charge in [0.2, 0.25) is 5.96 Å². The lowest BCUT2D eigenvalue weighted by atomic mass is 10.00. The van der Waals surface area contributed by atoms with E-state index in [9.17, 15) is 22.8 Å². The third kappa shape index (κ3) is 5.64. The zero-order valence-electron chi connectivity index (χ0n) is 15.2. The number of hydroxylamine groups is 2. The fraction of sp³-hybridized carbons (Fsp3) is 0.263. The Morgan fingerprint density at radius 2 is 1.97 bits per heavy atom. The Hall–Kier alpha value is -2.72. The van der Waals surface area contributed by atoms with Gasteiger partial charge in [-0.2, -0.15) is 13.2 Å². The van der Waals surface area contributed by atoms with Crippen LogP contribution >= 0.6 is 11.3 Å². The molecule has 1 aliphatic rings. The Bertz CT molecular complexity index is 921. The van der Waals surface area contributed by atoms with E-state index in [1.54, 1.807) is 17.0 Å². The maximum Gasteiger partial charge on any atom is 0.425 e. The highest BCUT2D eigenvalue weighted by atomic mass is 32.1. The summed E-state index contributed by atoms with van der Waals surface area (Å²) in [5.41, 5.74) is 1.98. The van der Waals surface area contributed by atoms with Crippen molar-refractivity contribution in [3.05, 3.63) is 63.6 Å². The molecule has 3 rings (SSSR count). The molecule has 0 radical (unpaired) electrons. The molecule has 0 saturated carbocycles. The second-order valence-electron chi connectivity index (χ2n) is 6.36. The molecule has 2 heterocycles. The minimum absolute atomic E-state index is 0.0689. The Labute approximate surface area is 168 Å². The average molecular weight is 426 g/mol. The standard InChI is InChI=1S/C19H18F4N4OS/c20-15-3-1-13(2-4-15)14-7-9-26(10-8-14)18(24)25-12-27(28)11-16-5-6-17(29-16)19(21,22)23/h1-7,12,24,28H,8-11H2. The molecule has 0 amide bonds. The van der Waals surface area contributed by atoms with Crippen LogP contribution in [-0.2, 0) is 12.7 Å². The van der Waals surface area contributed by atoms with Crippen molar-refractivity contribution < 1.29 is 22.8 Å². The molecule has 5 nitrogen and oxygen atoms in total. The van der Waals surface area contributed by atoms with Crippen LogP contribution in [0.25, 0.3) is 5.57 Å². The monoisotopic (exact) mass is 426 g/mol. The summed E-state index contributed by atoms with van der Waals surface area (Å²) in [5.74, 6) is -0.366. The minimum atomic E-state index is -4.41. The van der Waals surface area contributed by atoms with Crippen molar-refractivity contribution in [2.75, 3.05) is 13.1 Å². The van der Waals surface area contributed by atoms with Gasteiger partial charge in [-0.3, -0.25) is 10.6 Å². The smallest absolute Gasteiger partial charge is 0.337 e. The van der Waals surface area contributed by atoms with Gasteiger partial charge in [0.05, 0.1) is 6.54 Å². The SMILES string of the molecule is N=C(N=CN(O)Cc1ccc(C(F)(F)F)s1)N1CC=C(c2ccc(F)cc2)CC1. The Morgan fingerprint density at radius 3 is 2.55 bits per heavy atom. The molecular formula is C19H18F4N4OS. The second-order valence-corrected chi connectivity index (χ2v) is 7.53. The number of rotatable bonds is 4. The van der Waals surface area contributed by atoms with Crippen LogP contribution in [0.1, 0.15) is 21.7 Å². The minimum Gasteiger partial charge on any atom is -0.337 e. The molecule has 154 valence electrons. The molecule has 0 unspecified atom stereocenters. The number of hydrogen-bond acceptors (Lipinski definition) is 3. The number of alkyl halides is 3. The van der Waals surface area contributed by atoms with E-state index in [0.29, 0.717) is 40.8 Å². The normalized spacial score (nSPS) is 14.9. The maximum atomic E-state index is 13.0. The van der Waals surface area contributed by atoms with Crippen LogP contribution in [0.4, 0.5) is 17.6 Å². The lowest BCUT2D eigenvalue weighted by molar-refractivity contribution is -0.134. The summed E-state index contributed by atoms with van der Waals surface area (Å²) >= 11 is 0.546. The zero-order chi connectivity index (χ0) is 21.0. The highest BCUT2D eigenvalue weighted by Crippen LogP contribution is 2.34. The van der Waals surface area contributed by atoms with E-state index in [1.165, 1.54) is 18.2 Å². The number of aliphatic imine (C=N–C) groups is 1. The third-order valence-electron chi connectivity index (χ3n) is 4.30. The molecule has 0 aliphatic carbocycles. The summed E-state index contributed by atoms with van der Waals surface area (Å²) in [6.07, 6.45) is -0.813. The number of benzene rings is 1. The molecule has 1 aliphatic heterocycles. The van der Waals surface area contributed by atoms with Crippen molar-refractivity contribution in [1.82, 2.24) is 9.96 Å². The van der Waals surface area contributed by atoms with Gasteiger partial charge in [0.25, 0.3) is 0 Å². The van der Waals surface area contributed by atoms with Crippen LogP contribution in [-0.4, -0.2) is 40.6 Å². The average Bonchev–Trinajstić information content (AvgIpc) is 3.16. The molecule has 0 spiro atoms. The molecule has 0 saturated heterocycles. The predicted octanol–water partition coefficient (Wildman–Crippen LogP) is 4.85. The lowest BCUT2D eigenvalue weighted by Crippen LogP contribution is -2.33. The molecule has 2 aromatic rings. The van der Waals surface area contributed by atoms with Crippen LogP contribution in [0, 0.1) is 11.2 Å². The number of guanidine groups is 1. The fourth-order valence-electron chi connectivity index (χ4n) is 2.81. The molecule has 1 aromatic heterocycles. The van der Waals surface area contributed by atoms with Crippen molar-refractivity contribution >= 4 is 29.2 Å². The molecule has 29 heavy (non-hydrogen) atoms. The zero-order valence-corrected chi connectivity index (χ0v) is 16.0. The first-order chi connectivity index (χ1) is 13.7. The van der Waals surface area contributed by atoms with Gasteiger partial charge in [0.1, 0.15) is 17.0 Å². The summed E-state index contributed by atoms with van der Waals surface area (Å²) in [6, 6.07) is 8.47. The first-order valence-corrected chi connectivity index (χ1v) is 9.48. The van der Waals surface area contributed by atoms with Crippen molar-refractivity contribution in [2.45, 2.75) is 19.1 Å². The van der Waals surface area contributed by atoms with E-state index >= 15 is 0 Å². The molecule has 1 aromatic carbocycles. The summed E-state index contributed by atoms with van der Waals surface area (Å²) in [6.45, 7) is 0.811. The highest BCUT2D eigenvalue weighted by Gasteiger charge is 2.32. The van der Waals surface area contributed by atoms with Crippen LogP contribution in [0.3, 0.4) is 0 Å². The van der Waals surface area contributed by atoms with Gasteiger partial charge >= 0.3 is 6.18 Å². The van der Waals surface area contributed by atoms with Crippen molar-refractivity contribution in [1.29, 1.82) is 5.41 Å². The van der Waals surface area contributed by atoms with E-state index in [1.807, 2.05) is 6.08 Å². The van der Waals surface area contributed by atoms with Gasteiger partial charge in [-0.05, 0) is 41.8 Å². The van der Waals surface area contributed by atoms with Crippen molar-refractivity contribution in [2.24, 2.45) is 4.99 Å². The maximum absolute atomic E-state index is 13.0. The quantitative estimate of drug-likeness (QED) is 0.318. The molecule has 2 N–H and O–H groups in total. The van der Waals surface area contributed by atoms with Crippen molar-refractivity contribution in [3.63, 3.8) is 0 Å². The topological polar surface area (TPSA) is 62.9 Å². The van der Waals surface area contributed by atoms with Gasteiger partial charge in [0, 0.05) is 18.0 Å². The summed E-state index contributed by atoms with van der Waals surface area (Å²) in [5, 5.41) is 18.5. The molecule has 0 bridgehead atoms. The number of nitrogens with zero attached hydrogens (tertiary/aromatic N) is 3. The first-order valence-electron chi connectivity index (χ1n) is 8.66. The molecular weight excluding hydrogens is 408 g/mol. The predicted molar refractivity (Wildman–Crippen MR) is 103 cm³/mol.